The third kappa shape index (κ3) is 5.71. The smallest absolute Gasteiger partial charge is 0.184 e. The lowest BCUT2D eigenvalue weighted by Gasteiger charge is -2.19. The molecular weight excluding hydrogens is 500 g/mol. The number of hydrogen-bond donors (Lipinski definition) is 3. The summed E-state index contributed by atoms with van der Waals surface area (Å²) >= 11 is 1.41. The molecule has 7 heteroatoms. The number of aromatic amines is 1. The van der Waals surface area contributed by atoms with Crippen molar-refractivity contribution < 1.29 is 0 Å². The van der Waals surface area contributed by atoms with Crippen molar-refractivity contribution in [3.63, 3.8) is 0 Å². The predicted molar refractivity (Wildman–Crippen MR) is 163 cm³/mol. The molecular formula is C32H28N6S. The topological polar surface area (TPSA) is 102 Å². The number of aliphatic imine (C=N–C) groups is 1. The third-order valence-electron chi connectivity index (χ3n) is 6.40. The van der Waals surface area contributed by atoms with E-state index in [9.17, 15) is 5.26 Å². The quantitative estimate of drug-likeness (QED) is 0.188. The number of amidine groups is 1. The third-order valence-corrected chi connectivity index (χ3v) is 7.45. The van der Waals surface area contributed by atoms with Crippen molar-refractivity contribution in [2.24, 2.45) is 15.8 Å². The van der Waals surface area contributed by atoms with Gasteiger partial charge in [-0.1, -0.05) is 115 Å². The maximum absolute atomic E-state index is 9.69. The van der Waals surface area contributed by atoms with Gasteiger partial charge in [-0.25, -0.2) is 4.99 Å². The number of rotatable bonds is 6. The largest absolute Gasteiger partial charge is 0.383 e. The summed E-state index contributed by atoms with van der Waals surface area (Å²) in [6.45, 7) is 4.04. The number of nitrogens with two attached hydrogens (primary N) is 1. The minimum absolute atomic E-state index is 0.198. The van der Waals surface area contributed by atoms with Crippen LogP contribution in [0.3, 0.4) is 0 Å². The Hall–Kier alpha value is -4.80. The van der Waals surface area contributed by atoms with Crippen LogP contribution in [0.4, 0.5) is 0 Å². The monoisotopic (exact) mass is 528 g/mol. The average molecular weight is 529 g/mol. The van der Waals surface area contributed by atoms with Crippen molar-refractivity contribution >= 4 is 28.7 Å². The highest BCUT2D eigenvalue weighted by Crippen LogP contribution is 2.37. The fraction of sp³-hybridized carbons (Fsp3) is 0.0938. The minimum Gasteiger partial charge on any atom is -0.383 e. The van der Waals surface area contributed by atoms with Crippen molar-refractivity contribution in [2.45, 2.75) is 19.1 Å². The maximum Gasteiger partial charge on any atom is 0.184 e. The van der Waals surface area contributed by atoms with E-state index in [1.54, 1.807) is 0 Å². The summed E-state index contributed by atoms with van der Waals surface area (Å²) in [7, 11) is 0. The van der Waals surface area contributed by atoms with Gasteiger partial charge in [0.25, 0.3) is 0 Å². The van der Waals surface area contributed by atoms with Crippen molar-refractivity contribution in [1.82, 2.24) is 10.4 Å². The molecule has 0 amide bonds. The van der Waals surface area contributed by atoms with Gasteiger partial charge in [0.15, 0.2) is 5.17 Å². The molecule has 1 atom stereocenters. The zero-order valence-electron chi connectivity index (χ0n) is 21.7. The van der Waals surface area contributed by atoms with E-state index in [1.165, 1.54) is 11.8 Å². The van der Waals surface area contributed by atoms with Crippen LogP contribution in [0, 0.1) is 18.3 Å². The van der Waals surface area contributed by atoms with Crippen LogP contribution in [0.1, 0.15) is 23.7 Å². The van der Waals surface area contributed by atoms with Crippen molar-refractivity contribution in [1.29, 1.82) is 5.26 Å². The van der Waals surface area contributed by atoms with Gasteiger partial charge in [-0.05, 0) is 30.5 Å². The lowest BCUT2D eigenvalue weighted by molar-refractivity contribution is 1.01. The molecule has 4 N–H and O–H groups in total. The first-order chi connectivity index (χ1) is 19.0. The van der Waals surface area contributed by atoms with Crippen LogP contribution in [0.15, 0.2) is 119 Å². The number of H-pyrrole nitrogens is 1. The molecule has 6 nitrogen and oxygen atoms in total. The molecule has 1 aliphatic heterocycles. The second-order valence-electron chi connectivity index (χ2n) is 9.05. The number of thioether (sulfide) groups is 1. The summed E-state index contributed by atoms with van der Waals surface area (Å²) in [5, 5.41) is 14.7. The van der Waals surface area contributed by atoms with Gasteiger partial charge in [-0.2, -0.15) is 10.4 Å². The Morgan fingerprint density at radius 2 is 1.62 bits per heavy atom. The molecule has 192 valence electrons. The summed E-state index contributed by atoms with van der Waals surface area (Å²) in [6, 6.07) is 32.8. The number of benzene rings is 3. The molecule has 4 aromatic rings. The molecule has 0 bridgehead atoms. The number of aryl methyl sites for hydroxylation is 1. The van der Waals surface area contributed by atoms with Crippen molar-refractivity contribution in [2.75, 3.05) is 0 Å². The molecule has 1 aliphatic rings. The zero-order valence-corrected chi connectivity index (χ0v) is 22.5. The van der Waals surface area contributed by atoms with E-state index in [-0.39, 0.29) is 11.1 Å². The van der Waals surface area contributed by atoms with E-state index < -0.39 is 0 Å². The second-order valence-corrected chi connectivity index (χ2v) is 10.2. The number of nitriles is 1. The van der Waals surface area contributed by atoms with Crippen LogP contribution in [0.2, 0.25) is 0 Å². The van der Waals surface area contributed by atoms with Crippen LogP contribution in [-0.2, 0) is 0 Å². The highest BCUT2D eigenvalue weighted by molar-refractivity contribution is 8.14. The second kappa shape index (κ2) is 11.7. The van der Waals surface area contributed by atoms with Gasteiger partial charge < -0.3 is 10.7 Å². The summed E-state index contributed by atoms with van der Waals surface area (Å²) in [4.78, 5) is 8.01. The predicted octanol–water partition coefficient (Wildman–Crippen LogP) is 6.85. The van der Waals surface area contributed by atoms with E-state index in [4.69, 9.17) is 10.8 Å². The molecule has 2 heterocycles. The lowest BCUT2D eigenvalue weighted by Crippen LogP contribution is -2.25. The molecule has 0 radical (unpaired) electrons. The summed E-state index contributed by atoms with van der Waals surface area (Å²) in [5.41, 5.74) is 18.0. The standard InChI is InChI=1S/C32H28N6S/c1-21-28(29(24-14-8-4-9-15-24)30(35-21)25-16-10-5-11-17-25)22(2)37-38-32-36-31(34)26(20-33)27(39-32)19-18-23-12-6-3-7-13-23/h3-19,27,35H,34H2,1-2H3,(H,36,38)/b19-18+,37-22+. The maximum atomic E-state index is 9.69. The van der Waals surface area contributed by atoms with Crippen LogP contribution in [0.25, 0.3) is 28.5 Å². The highest BCUT2D eigenvalue weighted by atomic mass is 32.2. The molecule has 5 rings (SSSR count). The first kappa shape index (κ1) is 25.8. The van der Waals surface area contributed by atoms with Gasteiger partial charge in [-0.15, -0.1) is 0 Å². The highest BCUT2D eigenvalue weighted by Gasteiger charge is 2.24. The van der Waals surface area contributed by atoms with E-state index >= 15 is 0 Å². The van der Waals surface area contributed by atoms with Crippen LogP contribution < -0.4 is 11.2 Å². The average Bonchev–Trinajstić information content (AvgIpc) is 3.33. The molecule has 0 spiro atoms. The summed E-state index contributed by atoms with van der Waals surface area (Å²) in [6.07, 6.45) is 3.95. The van der Waals surface area contributed by atoms with Gasteiger partial charge in [0.2, 0.25) is 0 Å². The fourth-order valence-corrected chi connectivity index (χ4v) is 5.51. The van der Waals surface area contributed by atoms with Crippen molar-refractivity contribution in [3.8, 4) is 28.5 Å². The Kier molecular flexibility index (Phi) is 7.76. The van der Waals surface area contributed by atoms with Gasteiger partial charge in [0.05, 0.1) is 22.2 Å². The molecule has 0 saturated heterocycles. The fourth-order valence-electron chi connectivity index (χ4n) is 4.57. The summed E-state index contributed by atoms with van der Waals surface area (Å²) in [5.74, 6) is 0.198. The van der Waals surface area contributed by atoms with E-state index in [0.717, 1.165) is 44.9 Å². The molecule has 0 aliphatic carbocycles. The Balaban J connectivity index is 1.47. The molecule has 39 heavy (non-hydrogen) atoms. The van der Waals surface area contributed by atoms with E-state index in [2.05, 4.69) is 52.7 Å². The van der Waals surface area contributed by atoms with Crippen molar-refractivity contribution in [3.05, 3.63) is 125 Å². The normalized spacial score (nSPS) is 15.8. The first-order valence-corrected chi connectivity index (χ1v) is 13.5. The van der Waals surface area contributed by atoms with Crippen LogP contribution >= 0.6 is 11.8 Å². The van der Waals surface area contributed by atoms with Gasteiger partial charge >= 0.3 is 0 Å². The SMILES string of the molecule is C/C(=N\NC1=NC(N)=C(C#N)C(/C=C/c2ccccc2)S1)c1c(C)[nH]c(-c2ccccc2)c1-c1ccccc1. The van der Waals surface area contributed by atoms with Gasteiger partial charge in [0, 0.05) is 16.8 Å². The Morgan fingerprint density at radius 1 is 1.00 bits per heavy atom. The van der Waals surface area contributed by atoms with E-state index in [0.29, 0.717) is 10.7 Å². The Morgan fingerprint density at radius 3 is 2.26 bits per heavy atom. The molecule has 1 aromatic heterocycles. The molecule has 0 fully saturated rings. The molecule has 3 aromatic carbocycles. The van der Waals surface area contributed by atoms with E-state index in [1.807, 2.05) is 85.8 Å². The molecule has 0 saturated carbocycles. The number of hydrazone groups is 1. The van der Waals surface area contributed by atoms with Gasteiger partial charge in [-0.3, -0.25) is 5.43 Å². The first-order valence-electron chi connectivity index (χ1n) is 12.6. The summed E-state index contributed by atoms with van der Waals surface area (Å²) < 4.78 is 0. The number of aromatic nitrogens is 1. The number of nitrogens with one attached hydrogen (secondary N) is 2. The zero-order chi connectivity index (χ0) is 27.2. The van der Waals surface area contributed by atoms with Crippen LogP contribution in [-0.4, -0.2) is 21.1 Å². The van der Waals surface area contributed by atoms with Gasteiger partial charge in [0.1, 0.15) is 11.9 Å². The number of hydrogen-bond acceptors (Lipinski definition) is 6. The molecule has 1 unspecified atom stereocenters. The number of nitrogens with zero attached hydrogens (tertiary/aromatic N) is 3. The van der Waals surface area contributed by atoms with Crippen LogP contribution in [0.5, 0.6) is 0 Å². The Bertz CT molecular complexity index is 1620. The minimum atomic E-state index is -0.274. The lowest BCUT2D eigenvalue weighted by atomic mass is 9.95. The Labute approximate surface area is 232 Å².